The maximum atomic E-state index is 10.6. The van der Waals surface area contributed by atoms with Crippen molar-refractivity contribution in [1.29, 1.82) is 0 Å². The standard InChI is InChI=1S/C12H11NOS/c1-8-9-4-2-3-5-11(9)15-10(8)6-7-12(13)14/h2-7H,1H3,(H2,13,14). The van der Waals surface area contributed by atoms with Crippen LogP contribution in [0.4, 0.5) is 0 Å². The largest absolute Gasteiger partial charge is 0.366 e. The smallest absolute Gasteiger partial charge is 0.241 e. The van der Waals surface area contributed by atoms with E-state index in [0.717, 1.165) is 4.88 Å². The van der Waals surface area contributed by atoms with Gasteiger partial charge in [-0.2, -0.15) is 0 Å². The van der Waals surface area contributed by atoms with Crippen LogP contribution in [0, 0.1) is 6.92 Å². The van der Waals surface area contributed by atoms with E-state index in [-0.39, 0.29) is 0 Å². The number of hydrogen-bond acceptors (Lipinski definition) is 2. The quantitative estimate of drug-likeness (QED) is 0.772. The van der Waals surface area contributed by atoms with Crippen molar-refractivity contribution < 1.29 is 4.79 Å². The number of rotatable bonds is 2. The number of primary amides is 1. The van der Waals surface area contributed by atoms with E-state index in [1.807, 2.05) is 12.1 Å². The molecular weight excluding hydrogens is 206 g/mol. The van der Waals surface area contributed by atoms with Gasteiger partial charge in [0, 0.05) is 15.7 Å². The van der Waals surface area contributed by atoms with Crippen LogP contribution in [0.5, 0.6) is 0 Å². The summed E-state index contributed by atoms with van der Waals surface area (Å²) in [5.41, 5.74) is 6.27. The van der Waals surface area contributed by atoms with Crippen molar-refractivity contribution in [2.75, 3.05) is 0 Å². The number of nitrogens with two attached hydrogens (primary N) is 1. The fraction of sp³-hybridized carbons (Fsp3) is 0.0833. The fourth-order valence-corrected chi connectivity index (χ4v) is 2.62. The number of carbonyl (C=O) groups is 1. The van der Waals surface area contributed by atoms with E-state index in [0.29, 0.717) is 0 Å². The Morgan fingerprint density at radius 3 is 2.80 bits per heavy atom. The Bertz CT molecular complexity index is 540. The van der Waals surface area contributed by atoms with Gasteiger partial charge < -0.3 is 5.73 Å². The van der Waals surface area contributed by atoms with Crippen LogP contribution in [0.3, 0.4) is 0 Å². The van der Waals surface area contributed by atoms with E-state index < -0.39 is 5.91 Å². The first-order chi connectivity index (χ1) is 7.18. The molecule has 0 aliphatic carbocycles. The van der Waals surface area contributed by atoms with E-state index in [9.17, 15) is 4.79 Å². The van der Waals surface area contributed by atoms with Crippen LogP contribution >= 0.6 is 11.3 Å². The van der Waals surface area contributed by atoms with Crippen molar-refractivity contribution in [2.45, 2.75) is 6.92 Å². The van der Waals surface area contributed by atoms with Crippen molar-refractivity contribution in [3.63, 3.8) is 0 Å². The molecule has 1 amide bonds. The van der Waals surface area contributed by atoms with Gasteiger partial charge in [0.15, 0.2) is 0 Å². The molecule has 3 heteroatoms. The molecule has 0 radical (unpaired) electrons. The lowest BCUT2D eigenvalue weighted by molar-refractivity contribution is -0.113. The summed E-state index contributed by atoms with van der Waals surface area (Å²) in [6.45, 7) is 2.06. The molecule has 0 bridgehead atoms. The summed E-state index contributed by atoms with van der Waals surface area (Å²) in [5, 5.41) is 1.24. The fourth-order valence-electron chi connectivity index (χ4n) is 1.51. The molecule has 1 heterocycles. The lowest BCUT2D eigenvalue weighted by atomic mass is 10.1. The van der Waals surface area contributed by atoms with E-state index >= 15 is 0 Å². The molecule has 0 aliphatic heterocycles. The number of fused-ring (bicyclic) bond motifs is 1. The van der Waals surface area contributed by atoms with Gasteiger partial charge in [-0.15, -0.1) is 11.3 Å². The summed E-state index contributed by atoms with van der Waals surface area (Å²) in [5.74, 6) is -0.410. The first-order valence-corrected chi connectivity index (χ1v) is 5.46. The molecule has 1 aromatic carbocycles. The average molecular weight is 217 g/mol. The summed E-state index contributed by atoms with van der Waals surface area (Å²) >= 11 is 1.67. The second kappa shape index (κ2) is 3.87. The Morgan fingerprint density at radius 2 is 2.13 bits per heavy atom. The number of carbonyl (C=O) groups excluding carboxylic acids is 1. The SMILES string of the molecule is Cc1c(C=CC(N)=O)sc2ccccc12. The minimum atomic E-state index is -0.410. The molecule has 0 fully saturated rings. The highest BCUT2D eigenvalue weighted by Gasteiger charge is 2.04. The third kappa shape index (κ3) is 1.92. The summed E-state index contributed by atoms with van der Waals surface area (Å²) in [7, 11) is 0. The molecule has 0 atom stereocenters. The number of aryl methyl sites for hydroxylation is 1. The number of amides is 1. The highest BCUT2D eigenvalue weighted by molar-refractivity contribution is 7.20. The van der Waals surface area contributed by atoms with E-state index in [1.54, 1.807) is 17.4 Å². The Morgan fingerprint density at radius 1 is 1.40 bits per heavy atom. The maximum Gasteiger partial charge on any atom is 0.241 e. The van der Waals surface area contributed by atoms with Gasteiger partial charge in [0.05, 0.1) is 0 Å². The number of benzene rings is 1. The summed E-state index contributed by atoms with van der Waals surface area (Å²) in [6, 6.07) is 8.20. The minimum absolute atomic E-state index is 0.410. The molecule has 0 spiro atoms. The van der Waals surface area contributed by atoms with E-state index in [4.69, 9.17) is 5.73 Å². The van der Waals surface area contributed by atoms with E-state index in [2.05, 4.69) is 19.1 Å². The number of hydrogen-bond donors (Lipinski definition) is 1. The Kier molecular flexibility index (Phi) is 2.56. The molecular formula is C12H11NOS. The van der Waals surface area contributed by atoms with Gasteiger partial charge in [-0.3, -0.25) is 4.79 Å². The van der Waals surface area contributed by atoms with Crippen LogP contribution in [0.2, 0.25) is 0 Å². The van der Waals surface area contributed by atoms with Crippen LogP contribution in [0.15, 0.2) is 30.3 Å². The normalized spacial score (nSPS) is 11.3. The molecule has 2 aromatic rings. The maximum absolute atomic E-state index is 10.6. The third-order valence-electron chi connectivity index (χ3n) is 2.28. The molecule has 15 heavy (non-hydrogen) atoms. The number of thiophene rings is 1. The van der Waals surface area contributed by atoms with Crippen molar-refractivity contribution in [1.82, 2.24) is 0 Å². The summed E-state index contributed by atoms with van der Waals surface area (Å²) in [6.07, 6.45) is 3.18. The minimum Gasteiger partial charge on any atom is -0.366 e. The van der Waals surface area contributed by atoms with E-state index in [1.165, 1.54) is 21.7 Å². The molecule has 0 saturated heterocycles. The highest BCUT2D eigenvalue weighted by Crippen LogP contribution is 2.31. The molecule has 2 rings (SSSR count). The van der Waals surface area contributed by atoms with Crippen LogP contribution in [0.25, 0.3) is 16.2 Å². The van der Waals surface area contributed by atoms with Crippen LogP contribution in [-0.4, -0.2) is 5.91 Å². The predicted octanol–water partition coefficient (Wildman–Crippen LogP) is 2.71. The summed E-state index contributed by atoms with van der Waals surface area (Å²) in [4.78, 5) is 11.7. The topological polar surface area (TPSA) is 43.1 Å². The monoisotopic (exact) mass is 217 g/mol. The lowest BCUT2D eigenvalue weighted by Gasteiger charge is -1.90. The van der Waals surface area contributed by atoms with Crippen LogP contribution in [0.1, 0.15) is 10.4 Å². The van der Waals surface area contributed by atoms with Gasteiger partial charge in [-0.05, 0) is 30.0 Å². The molecule has 2 N–H and O–H groups in total. The molecule has 2 nitrogen and oxygen atoms in total. The second-order valence-electron chi connectivity index (χ2n) is 3.32. The van der Waals surface area contributed by atoms with Crippen molar-refractivity contribution in [2.24, 2.45) is 5.73 Å². The summed E-state index contributed by atoms with van der Waals surface area (Å²) < 4.78 is 1.24. The van der Waals surface area contributed by atoms with Gasteiger partial charge in [0.25, 0.3) is 0 Å². The van der Waals surface area contributed by atoms with Gasteiger partial charge in [-0.25, -0.2) is 0 Å². The first-order valence-electron chi connectivity index (χ1n) is 4.64. The predicted molar refractivity (Wildman–Crippen MR) is 64.8 cm³/mol. The molecule has 0 saturated carbocycles. The molecule has 0 unspecified atom stereocenters. The zero-order valence-electron chi connectivity index (χ0n) is 8.36. The van der Waals surface area contributed by atoms with Crippen LogP contribution in [-0.2, 0) is 4.79 Å². The van der Waals surface area contributed by atoms with Gasteiger partial charge >= 0.3 is 0 Å². The second-order valence-corrected chi connectivity index (χ2v) is 4.41. The lowest BCUT2D eigenvalue weighted by Crippen LogP contribution is -2.04. The first kappa shape index (κ1) is 9.93. The molecule has 76 valence electrons. The highest BCUT2D eigenvalue weighted by atomic mass is 32.1. The Balaban J connectivity index is 2.53. The zero-order valence-corrected chi connectivity index (χ0v) is 9.17. The van der Waals surface area contributed by atoms with Gasteiger partial charge in [-0.1, -0.05) is 18.2 Å². The molecule has 1 aromatic heterocycles. The van der Waals surface area contributed by atoms with Gasteiger partial charge in [0.2, 0.25) is 5.91 Å². The Hall–Kier alpha value is -1.61. The zero-order chi connectivity index (χ0) is 10.8. The van der Waals surface area contributed by atoms with Crippen molar-refractivity contribution >= 4 is 33.4 Å². The molecule has 0 aliphatic rings. The Labute approximate surface area is 92.0 Å². The van der Waals surface area contributed by atoms with Crippen molar-refractivity contribution in [3.8, 4) is 0 Å². The third-order valence-corrected chi connectivity index (χ3v) is 3.52. The average Bonchev–Trinajstić information content (AvgIpc) is 2.54. The van der Waals surface area contributed by atoms with Crippen LogP contribution < -0.4 is 5.73 Å². The van der Waals surface area contributed by atoms with Gasteiger partial charge in [0.1, 0.15) is 0 Å². The van der Waals surface area contributed by atoms with Crippen molar-refractivity contribution in [3.05, 3.63) is 40.8 Å².